The van der Waals surface area contributed by atoms with Crippen LogP contribution in [0.4, 0.5) is 0 Å². The lowest BCUT2D eigenvalue weighted by atomic mass is 10.00. The van der Waals surface area contributed by atoms with E-state index in [4.69, 9.17) is 4.74 Å². The Morgan fingerprint density at radius 1 is 1.04 bits per heavy atom. The van der Waals surface area contributed by atoms with Crippen LogP contribution >= 0.6 is 0 Å². The summed E-state index contributed by atoms with van der Waals surface area (Å²) in [6.45, 7) is 7.87. The molecule has 1 aromatic carbocycles. The average molecular weight is 323 g/mol. The molecule has 4 heteroatoms. The van der Waals surface area contributed by atoms with Gasteiger partial charge in [0.1, 0.15) is 0 Å². The number of pyridine rings is 1. The van der Waals surface area contributed by atoms with Crippen molar-refractivity contribution in [2.24, 2.45) is 0 Å². The van der Waals surface area contributed by atoms with Crippen molar-refractivity contribution < 1.29 is 4.74 Å². The molecule has 0 radical (unpaired) electrons. The number of fused-ring (bicyclic) bond motifs is 1. The fourth-order valence-corrected chi connectivity index (χ4v) is 3.93. The van der Waals surface area contributed by atoms with Crippen LogP contribution < -0.4 is 0 Å². The lowest BCUT2D eigenvalue weighted by molar-refractivity contribution is -0.0837. The van der Waals surface area contributed by atoms with Gasteiger partial charge in [-0.3, -0.25) is 14.8 Å². The standard InChI is InChI=1S/C20H25N3O/c1-16-6-5-9-18(21-16)12-22-10-11-23-19(13-22)14-24-15-20(23)17-7-3-2-4-8-17/h2-9,19-20H,10-15H2,1H3/t19-,20-/m1/s1. The molecule has 2 atom stereocenters. The Morgan fingerprint density at radius 2 is 1.92 bits per heavy atom. The normalized spacial score (nSPS) is 25.4. The molecular formula is C20H25N3O. The van der Waals surface area contributed by atoms with E-state index in [1.807, 2.05) is 0 Å². The molecule has 2 saturated heterocycles. The predicted octanol–water partition coefficient (Wildman–Crippen LogP) is 2.65. The maximum absolute atomic E-state index is 5.94. The first-order chi connectivity index (χ1) is 11.8. The lowest BCUT2D eigenvalue weighted by Crippen LogP contribution is -2.58. The van der Waals surface area contributed by atoms with Gasteiger partial charge in [0.05, 0.1) is 24.9 Å². The monoisotopic (exact) mass is 323 g/mol. The Labute approximate surface area is 144 Å². The maximum atomic E-state index is 5.94. The molecule has 2 aliphatic heterocycles. The minimum absolute atomic E-state index is 0.393. The number of morpholine rings is 1. The van der Waals surface area contributed by atoms with Gasteiger partial charge in [0, 0.05) is 37.9 Å². The third-order valence-corrected chi connectivity index (χ3v) is 5.11. The maximum Gasteiger partial charge on any atom is 0.0664 e. The second-order valence-corrected chi connectivity index (χ2v) is 6.86. The zero-order chi connectivity index (χ0) is 16.4. The zero-order valence-corrected chi connectivity index (χ0v) is 14.3. The number of aromatic nitrogens is 1. The topological polar surface area (TPSA) is 28.6 Å². The highest BCUT2D eigenvalue weighted by atomic mass is 16.5. The largest absolute Gasteiger partial charge is 0.378 e. The van der Waals surface area contributed by atoms with E-state index in [9.17, 15) is 0 Å². The number of nitrogens with zero attached hydrogens (tertiary/aromatic N) is 3. The molecule has 0 aliphatic carbocycles. The van der Waals surface area contributed by atoms with Crippen LogP contribution in [0.5, 0.6) is 0 Å². The van der Waals surface area contributed by atoms with Gasteiger partial charge in [-0.25, -0.2) is 0 Å². The van der Waals surface area contributed by atoms with Gasteiger partial charge in [0.15, 0.2) is 0 Å². The molecule has 0 amide bonds. The van der Waals surface area contributed by atoms with Crippen molar-refractivity contribution >= 4 is 0 Å². The number of hydrogen-bond donors (Lipinski definition) is 0. The van der Waals surface area contributed by atoms with Gasteiger partial charge >= 0.3 is 0 Å². The molecule has 0 N–H and O–H groups in total. The number of aryl methyl sites for hydroxylation is 1. The zero-order valence-electron chi connectivity index (χ0n) is 14.3. The molecule has 1 aromatic heterocycles. The highest BCUT2D eigenvalue weighted by molar-refractivity contribution is 5.20. The van der Waals surface area contributed by atoms with Crippen molar-refractivity contribution in [1.82, 2.24) is 14.8 Å². The van der Waals surface area contributed by atoms with Crippen molar-refractivity contribution in [3.63, 3.8) is 0 Å². The fraction of sp³-hybridized carbons (Fsp3) is 0.450. The van der Waals surface area contributed by atoms with E-state index in [0.717, 1.165) is 45.1 Å². The minimum atomic E-state index is 0.393. The van der Waals surface area contributed by atoms with Crippen molar-refractivity contribution in [2.45, 2.75) is 25.6 Å². The summed E-state index contributed by atoms with van der Waals surface area (Å²) < 4.78 is 5.94. The molecular weight excluding hydrogens is 298 g/mol. The number of piperazine rings is 1. The van der Waals surface area contributed by atoms with Crippen LogP contribution in [0.3, 0.4) is 0 Å². The van der Waals surface area contributed by atoms with E-state index < -0.39 is 0 Å². The summed E-state index contributed by atoms with van der Waals surface area (Å²) in [5.74, 6) is 0. The predicted molar refractivity (Wildman–Crippen MR) is 94.7 cm³/mol. The molecule has 3 heterocycles. The number of ether oxygens (including phenoxy) is 1. The summed E-state index contributed by atoms with van der Waals surface area (Å²) in [6.07, 6.45) is 0. The summed E-state index contributed by atoms with van der Waals surface area (Å²) in [7, 11) is 0. The van der Waals surface area contributed by atoms with Gasteiger partial charge in [-0.05, 0) is 24.6 Å². The number of benzene rings is 1. The second kappa shape index (κ2) is 7.01. The Morgan fingerprint density at radius 3 is 2.75 bits per heavy atom. The summed E-state index contributed by atoms with van der Waals surface area (Å²) in [5.41, 5.74) is 3.63. The molecule has 2 aliphatic rings. The van der Waals surface area contributed by atoms with Crippen LogP contribution in [0.1, 0.15) is 23.0 Å². The summed E-state index contributed by atoms with van der Waals surface area (Å²) in [6, 6.07) is 17.9. The number of rotatable bonds is 3. The molecule has 4 rings (SSSR count). The first-order valence-corrected chi connectivity index (χ1v) is 8.83. The van der Waals surface area contributed by atoms with E-state index >= 15 is 0 Å². The van der Waals surface area contributed by atoms with Gasteiger partial charge in [-0.15, -0.1) is 0 Å². The van der Waals surface area contributed by atoms with Gasteiger partial charge in [-0.2, -0.15) is 0 Å². The molecule has 4 nitrogen and oxygen atoms in total. The highest BCUT2D eigenvalue weighted by Crippen LogP contribution is 2.29. The Hall–Kier alpha value is -1.75. The summed E-state index contributed by atoms with van der Waals surface area (Å²) in [4.78, 5) is 9.80. The van der Waals surface area contributed by atoms with Gasteiger partial charge < -0.3 is 4.74 Å². The highest BCUT2D eigenvalue weighted by Gasteiger charge is 2.36. The first kappa shape index (κ1) is 15.8. The van der Waals surface area contributed by atoms with E-state index in [-0.39, 0.29) is 0 Å². The molecule has 0 spiro atoms. The van der Waals surface area contributed by atoms with Crippen LogP contribution in [0.25, 0.3) is 0 Å². The molecule has 0 unspecified atom stereocenters. The van der Waals surface area contributed by atoms with Crippen LogP contribution in [-0.4, -0.2) is 53.7 Å². The van der Waals surface area contributed by atoms with E-state index in [1.165, 1.54) is 11.3 Å². The van der Waals surface area contributed by atoms with Gasteiger partial charge in [0.25, 0.3) is 0 Å². The smallest absolute Gasteiger partial charge is 0.0664 e. The third-order valence-electron chi connectivity index (χ3n) is 5.11. The molecule has 24 heavy (non-hydrogen) atoms. The minimum Gasteiger partial charge on any atom is -0.378 e. The fourth-order valence-electron chi connectivity index (χ4n) is 3.93. The van der Waals surface area contributed by atoms with Gasteiger partial charge in [-0.1, -0.05) is 36.4 Å². The number of hydrogen-bond acceptors (Lipinski definition) is 4. The summed E-state index contributed by atoms with van der Waals surface area (Å²) >= 11 is 0. The lowest BCUT2D eigenvalue weighted by Gasteiger charge is -2.48. The summed E-state index contributed by atoms with van der Waals surface area (Å²) in [5, 5.41) is 0. The molecule has 126 valence electrons. The van der Waals surface area contributed by atoms with Crippen LogP contribution in [0.15, 0.2) is 48.5 Å². The van der Waals surface area contributed by atoms with E-state index in [0.29, 0.717) is 12.1 Å². The van der Waals surface area contributed by atoms with Crippen LogP contribution in [0.2, 0.25) is 0 Å². The SMILES string of the molecule is Cc1cccc(CN2CCN3[C@@H](COC[C@@H]3c3ccccc3)C2)n1. The van der Waals surface area contributed by atoms with Crippen molar-refractivity contribution in [3.8, 4) is 0 Å². The Kier molecular flexibility index (Phi) is 4.60. The molecule has 0 bridgehead atoms. The second-order valence-electron chi connectivity index (χ2n) is 6.86. The first-order valence-electron chi connectivity index (χ1n) is 8.83. The van der Waals surface area contributed by atoms with E-state index in [1.54, 1.807) is 0 Å². The van der Waals surface area contributed by atoms with Crippen LogP contribution in [0, 0.1) is 6.92 Å². The molecule has 2 fully saturated rings. The Balaban J connectivity index is 1.44. The van der Waals surface area contributed by atoms with Crippen molar-refractivity contribution in [3.05, 3.63) is 65.5 Å². The van der Waals surface area contributed by atoms with Crippen molar-refractivity contribution in [1.29, 1.82) is 0 Å². The average Bonchev–Trinajstić information content (AvgIpc) is 2.62. The van der Waals surface area contributed by atoms with Crippen LogP contribution in [-0.2, 0) is 11.3 Å². The third kappa shape index (κ3) is 3.36. The molecule has 2 aromatic rings. The van der Waals surface area contributed by atoms with Gasteiger partial charge in [0.2, 0.25) is 0 Å². The van der Waals surface area contributed by atoms with E-state index in [2.05, 4.69) is 70.2 Å². The Bertz CT molecular complexity index is 676. The molecule has 0 saturated carbocycles. The van der Waals surface area contributed by atoms with Crippen molar-refractivity contribution in [2.75, 3.05) is 32.8 Å². The quantitative estimate of drug-likeness (QED) is 0.868.